The molecule has 0 fully saturated rings. The van der Waals surface area contributed by atoms with Crippen LogP contribution in [0.3, 0.4) is 0 Å². The average Bonchev–Trinajstić information content (AvgIpc) is 2.05. The van der Waals surface area contributed by atoms with Crippen LogP contribution in [0.25, 0.3) is 0 Å². The van der Waals surface area contributed by atoms with Gasteiger partial charge in [-0.15, -0.1) is 26.3 Å². The second-order valence-electron chi connectivity index (χ2n) is 2.87. The van der Waals surface area contributed by atoms with E-state index >= 15 is 0 Å². The van der Waals surface area contributed by atoms with Crippen molar-refractivity contribution in [1.29, 1.82) is 0 Å². The van der Waals surface area contributed by atoms with Gasteiger partial charge in [-0.2, -0.15) is 0 Å². The molecule has 0 atom stereocenters. The fourth-order valence-electron chi connectivity index (χ4n) is 0.977. The summed E-state index contributed by atoms with van der Waals surface area (Å²) in [5.41, 5.74) is -0.371. The maximum absolute atomic E-state index is 11.8. The molecule has 0 spiro atoms. The van der Waals surface area contributed by atoms with Crippen LogP contribution < -0.4 is 9.47 Å². The van der Waals surface area contributed by atoms with Gasteiger partial charge in [0.15, 0.2) is 0 Å². The maximum atomic E-state index is 11.8. The smallest absolute Gasteiger partial charge is 0.406 e. The lowest BCUT2D eigenvalue weighted by Crippen LogP contribution is -2.19. The summed E-state index contributed by atoms with van der Waals surface area (Å²) in [4.78, 5) is 0. The number of ether oxygens (including phenoxy) is 2. The first-order valence-electron chi connectivity index (χ1n) is 4.04. The number of alkyl halides is 6. The zero-order valence-corrected chi connectivity index (χ0v) is 8.02. The molecule has 95 valence electrons. The molecule has 0 heterocycles. The molecule has 0 amide bonds. The lowest BCUT2D eigenvalue weighted by Gasteiger charge is -2.13. The molecule has 0 unspecified atom stereocenters. The quantitative estimate of drug-likeness (QED) is 0.754. The van der Waals surface area contributed by atoms with E-state index in [9.17, 15) is 26.3 Å². The molecular weight excluding hydrogens is 254 g/mol. The lowest BCUT2D eigenvalue weighted by atomic mass is 10.2. The van der Waals surface area contributed by atoms with E-state index in [1.54, 1.807) is 0 Å². The van der Waals surface area contributed by atoms with E-state index in [1.165, 1.54) is 0 Å². The molecule has 0 N–H and O–H groups in total. The molecule has 8 heteroatoms. The van der Waals surface area contributed by atoms with Gasteiger partial charge in [-0.05, 0) is 30.7 Å². The molecule has 0 saturated carbocycles. The number of hydrogen-bond acceptors (Lipinski definition) is 2. The second-order valence-corrected chi connectivity index (χ2v) is 2.87. The molecule has 0 aliphatic carbocycles. The van der Waals surface area contributed by atoms with Crippen LogP contribution in [0.1, 0.15) is 5.56 Å². The normalized spacial score (nSPS) is 12.4. The van der Waals surface area contributed by atoms with Crippen LogP contribution in [0.5, 0.6) is 11.5 Å². The summed E-state index contributed by atoms with van der Waals surface area (Å²) in [5.74, 6) is -1.36. The van der Waals surface area contributed by atoms with Crippen molar-refractivity contribution in [2.45, 2.75) is 12.7 Å². The SMILES string of the molecule is [CH2]c1cc(OC(F)(F)F)ccc1OC(F)(F)F. The van der Waals surface area contributed by atoms with Crippen molar-refractivity contribution in [2.24, 2.45) is 0 Å². The van der Waals surface area contributed by atoms with Crippen LogP contribution in [0, 0.1) is 6.92 Å². The minimum atomic E-state index is -4.93. The number of hydrogen-bond donors (Lipinski definition) is 0. The van der Waals surface area contributed by atoms with E-state index in [1.807, 2.05) is 0 Å². The Bertz CT molecular complexity index is 395. The highest BCUT2D eigenvalue weighted by Gasteiger charge is 2.33. The molecule has 0 aliphatic rings. The topological polar surface area (TPSA) is 18.5 Å². The zero-order valence-electron chi connectivity index (χ0n) is 8.02. The molecule has 0 bridgehead atoms. The monoisotopic (exact) mass is 259 g/mol. The fourth-order valence-corrected chi connectivity index (χ4v) is 0.977. The summed E-state index contributed by atoms with van der Waals surface area (Å²) in [5, 5.41) is 0. The van der Waals surface area contributed by atoms with Crippen LogP contribution in [0.2, 0.25) is 0 Å². The van der Waals surface area contributed by atoms with Gasteiger partial charge >= 0.3 is 12.7 Å². The third-order valence-electron chi connectivity index (χ3n) is 1.49. The predicted octanol–water partition coefficient (Wildman–Crippen LogP) is 3.67. The van der Waals surface area contributed by atoms with Crippen LogP contribution in [-0.2, 0) is 0 Å². The highest BCUT2D eigenvalue weighted by atomic mass is 19.4. The van der Waals surface area contributed by atoms with Gasteiger partial charge in [-0.3, -0.25) is 0 Å². The van der Waals surface area contributed by atoms with E-state index < -0.39 is 24.2 Å². The lowest BCUT2D eigenvalue weighted by molar-refractivity contribution is -0.277. The molecule has 0 aliphatic heterocycles. The van der Waals surface area contributed by atoms with Crippen LogP contribution in [-0.4, -0.2) is 12.7 Å². The molecule has 1 aromatic carbocycles. The summed E-state index contributed by atoms with van der Waals surface area (Å²) in [6, 6.07) is 2.08. The van der Waals surface area contributed by atoms with Crippen molar-refractivity contribution in [1.82, 2.24) is 0 Å². The Kier molecular flexibility index (Phi) is 3.44. The summed E-state index contributed by atoms with van der Waals surface area (Å²) in [7, 11) is 0. The Morgan fingerprint density at radius 1 is 0.882 bits per heavy atom. The number of halogens is 6. The highest BCUT2D eigenvalue weighted by molar-refractivity contribution is 5.42. The Morgan fingerprint density at radius 2 is 1.41 bits per heavy atom. The molecule has 0 aromatic heterocycles. The van der Waals surface area contributed by atoms with Crippen molar-refractivity contribution in [3.05, 3.63) is 30.7 Å². The van der Waals surface area contributed by atoms with E-state index in [0.29, 0.717) is 18.2 Å². The van der Waals surface area contributed by atoms with E-state index in [-0.39, 0.29) is 5.56 Å². The largest absolute Gasteiger partial charge is 0.573 e. The Balaban J connectivity index is 2.87. The molecule has 1 radical (unpaired) electrons. The van der Waals surface area contributed by atoms with Crippen LogP contribution in [0.4, 0.5) is 26.3 Å². The summed E-state index contributed by atoms with van der Waals surface area (Å²) in [6.45, 7) is 3.12. The minimum Gasteiger partial charge on any atom is -0.406 e. The van der Waals surface area contributed by atoms with Crippen molar-refractivity contribution >= 4 is 0 Å². The Hall–Kier alpha value is -1.60. The first kappa shape index (κ1) is 13.5. The van der Waals surface area contributed by atoms with Gasteiger partial charge in [-0.1, -0.05) is 0 Å². The number of benzene rings is 1. The first-order chi connectivity index (χ1) is 7.57. The summed E-state index contributed by atoms with van der Waals surface area (Å²) < 4.78 is 77.9. The molecular formula is C9H5F6O2. The van der Waals surface area contributed by atoms with Crippen LogP contribution >= 0.6 is 0 Å². The Morgan fingerprint density at radius 3 is 1.82 bits per heavy atom. The van der Waals surface area contributed by atoms with E-state index in [4.69, 9.17) is 0 Å². The van der Waals surface area contributed by atoms with Crippen molar-refractivity contribution in [3.63, 3.8) is 0 Å². The molecule has 17 heavy (non-hydrogen) atoms. The zero-order chi connectivity index (χ0) is 13.3. The molecule has 1 rings (SSSR count). The first-order valence-corrected chi connectivity index (χ1v) is 4.04. The highest BCUT2D eigenvalue weighted by Crippen LogP contribution is 2.30. The molecule has 2 nitrogen and oxygen atoms in total. The van der Waals surface area contributed by atoms with Gasteiger partial charge < -0.3 is 9.47 Å². The van der Waals surface area contributed by atoms with Crippen molar-refractivity contribution in [2.75, 3.05) is 0 Å². The van der Waals surface area contributed by atoms with Crippen LogP contribution in [0.15, 0.2) is 18.2 Å². The second kappa shape index (κ2) is 4.34. The average molecular weight is 259 g/mol. The standard InChI is InChI=1S/C9H5F6O2/c1-5-4-6(16-8(10,11)12)2-3-7(5)17-9(13,14)15/h2-4H,1H2. The van der Waals surface area contributed by atoms with Crippen molar-refractivity contribution in [3.8, 4) is 11.5 Å². The summed E-state index contributed by atoms with van der Waals surface area (Å²) >= 11 is 0. The molecule has 0 saturated heterocycles. The van der Waals surface area contributed by atoms with Gasteiger partial charge in [-0.25, -0.2) is 0 Å². The predicted molar refractivity (Wildman–Crippen MR) is 44.3 cm³/mol. The van der Waals surface area contributed by atoms with Gasteiger partial charge in [0.1, 0.15) is 11.5 Å². The van der Waals surface area contributed by atoms with Gasteiger partial charge in [0.05, 0.1) is 0 Å². The fraction of sp³-hybridized carbons (Fsp3) is 0.222. The Labute approximate surface area is 91.7 Å². The van der Waals surface area contributed by atoms with Gasteiger partial charge in [0.25, 0.3) is 0 Å². The third-order valence-corrected chi connectivity index (χ3v) is 1.49. The van der Waals surface area contributed by atoms with E-state index in [2.05, 4.69) is 16.4 Å². The van der Waals surface area contributed by atoms with Gasteiger partial charge in [0, 0.05) is 0 Å². The van der Waals surface area contributed by atoms with Crippen molar-refractivity contribution < 1.29 is 35.8 Å². The minimum absolute atomic E-state index is 0.371. The van der Waals surface area contributed by atoms with Gasteiger partial charge in [0.2, 0.25) is 0 Å². The third kappa shape index (κ3) is 4.83. The summed E-state index contributed by atoms with van der Waals surface area (Å²) in [6.07, 6.45) is -9.85. The maximum Gasteiger partial charge on any atom is 0.573 e. The number of rotatable bonds is 2. The molecule has 1 aromatic rings. The van der Waals surface area contributed by atoms with E-state index in [0.717, 1.165) is 0 Å².